The quantitative estimate of drug-likeness (QED) is 0.795. The third-order valence-electron chi connectivity index (χ3n) is 4.16. The van der Waals surface area contributed by atoms with E-state index in [2.05, 4.69) is 10.2 Å². The van der Waals surface area contributed by atoms with E-state index in [0.717, 1.165) is 44.0 Å². The second-order valence-corrected chi connectivity index (χ2v) is 6.37. The highest BCUT2D eigenvalue weighted by atomic mass is 16.5. The lowest BCUT2D eigenvalue weighted by molar-refractivity contribution is -0.127. The van der Waals surface area contributed by atoms with Crippen LogP contribution in [-0.2, 0) is 4.79 Å². The summed E-state index contributed by atoms with van der Waals surface area (Å²) in [7, 11) is 1.60. The molecule has 6 heteroatoms. The molecule has 0 radical (unpaired) electrons. The Morgan fingerprint density at radius 2 is 1.76 bits per heavy atom. The number of carbonyl (C=O) groups is 2. The molecule has 1 aliphatic rings. The van der Waals surface area contributed by atoms with E-state index in [-0.39, 0.29) is 11.8 Å². The lowest BCUT2D eigenvalue weighted by Crippen LogP contribution is -2.50. The first-order valence-electron chi connectivity index (χ1n) is 8.58. The summed E-state index contributed by atoms with van der Waals surface area (Å²) in [5.74, 6) is 0.740. The molecule has 2 amide bonds. The molecule has 1 heterocycles. The van der Waals surface area contributed by atoms with Crippen LogP contribution in [-0.4, -0.2) is 68.0 Å². The summed E-state index contributed by atoms with van der Waals surface area (Å²) in [6, 6.07) is 7.05. The van der Waals surface area contributed by atoms with Gasteiger partial charge in [0.05, 0.1) is 7.11 Å². The van der Waals surface area contributed by atoms with Crippen LogP contribution in [0.3, 0.4) is 0 Å². The maximum absolute atomic E-state index is 12.1. The molecule has 1 N–H and O–H groups in total. The highest BCUT2D eigenvalue weighted by Crippen LogP contribution is 2.11. The highest BCUT2D eigenvalue weighted by molar-refractivity contribution is 5.94. The molecule has 25 heavy (non-hydrogen) atoms. The van der Waals surface area contributed by atoms with Crippen LogP contribution >= 0.6 is 0 Å². The van der Waals surface area contributed by atoms with Crippen LogP contribution in [0.25, 0.3) is 0 Å². The molecule has 6 nitrogen and oxygen atoms in total. The zero-order valence-electron chi connectivity index (χ0n) is 15.2. The van der Waals surface area contributed by atoms with E-state index in [4.69, 9.17) is 4.74 Å². The van der Waals surface area contributed by atoms with Gasteiger partial charge in [-0.05, 0) is 38.1 Å². The van der Waals surface area contributed by atoms with Gasteiger partial charge in [0.15, 0.2) is 0 Å². The number of hydrogen-bond donors (Lipinski definition) is 1. The van der Waals surface area contributed by atoms with Gasteiger partial charge in [0.1, 0.15) is 5.75 Å². The number of carbonyl (C=O) groups excluding carboxylic acids is 2. The van der Waals surface area contributed by atoms with Crippen molar-refractivity contribution in [1.82, 2.24) is 15.1 Å². The van der Waals surface area contributed by atoms with E-state index in [9.17, 15) is 9.59 Å². The maximum Gasteiger partial charge on any atom is 0.251 e. The molecule has 0 atom stereocenters. The van der Waals surface area contributed by atoms with Gasteiger partial charge in [0.2, 0.25) is 5.91 Å². The summed E-state index contributed by atoms with van der Waals surface area (Å²) in [6.45, 7) is 8.37. The molecular formula is C19H27N3O3. The molecule has 136 valence electrons. The van der Waals surface area contributed by atoms with Crippen LogP contribution in [0.2, 0.25) is 0 Å². The third-order valence-corrected chi connectivity index (χ3v) is 4.16. The number of methoxy groups -OCH3 is 1. The minimum atomic E-state index is -0.0833. The minimum Gasteiger partial charge on any atom is -0.497 e. The van der Waals surface area contributed by atoms with Crippen molar-refractivity contribution < 1.29 is 14.3 Å². The summed E-state index contributed by atoms with van der Waals surface area (Å²) >= 11 is 0. The zero-order chi connectivity index (χ0) is 18.2. The number of benzene rings is 1. The van der Waals surface area contributed by atoms with Crippen molar-refractivity contribution in [3.8, 4) is 5.75 Å². The largest absolute Gasteiger partial charge is 0.497 e. The predicted octanol–water partition coefficient (Wildman–Crippen LogP) is 1.54. The number of hydrogen-bond acceptors (Lipinski definition) is 4. The lowest BCUT2D eigenvalue weighted by atomic mass is 10.2. The Morgan fingerprint density at radius 1 is 1.12 bits per heavy atom. The van der Waals surface area contributed by atoms with Crippen molar-refractivity contribution in [3.63, 3.8) is 0 Å². The summed E-state index contributed by atoms with van der Waals surface area (Å²) in [5.41, 5.74) is 1.65. The van der Waals surface area contributed by atoms with Crippen molar-refractivity contribution in [2.75, 3.05) is 46.4 Å². The van der Waals surface area contributed by atoms with Gasteiger partial charge in [-0.1, -0.05) is 5.57 Å². The highest BCUT2D eigenvalue weighted by Gasteiger charge is 2.19. The molecule has 1 aromatic carbocycles. The maximum atomic E-state index is 12.1. The Morgan fingerprint density at radius 3 is 2.32 bits per heavy atom. The normalized spacial score (nSPS) is 14.8. The topological polar surface area (TPSA) is 61.9 Å². The zero-order valence-corrected chi connectivity index (χ0v) is 15.2. The number of rotatable bonds is 6. The van der Waals surface area contributed by atoms with Gasteiger partial charge >= 0.3 is 0 Å². The van der Waals surface area contributed by atoms with Gasteiger partial charge < -0.3 is 15.0 Å². The number of allylic oxidation sites excluding steroid dienone is 1. The Hall–Kier alpha value is -2.34. The van der Waals surface area contributed by atoms with E-state index in [0.29, 0.717) is 12.1 Å². The summed E-state index contributed by atoms with van der Waals surface area (Å²) in [5, 5.41) is 2.93. The first kappa shape index (κ1) is 19.0. The molecule has 2 rings (SSSR count). The van der Waals surface area contributed by atoms with Gasteiger partial charge in [-0.3, -0.25) is 14.5 Å². The molecular weight excluding hydrogens is 318 g/mol. The number of ether oxygens (including phenoxy) is 1. The van der Waals surface area contributed by atoms with Crippen molar-refractivity contribution in [1.29, 1.82) is 0 Å². The van der Waals surface area contributed by atoms with Gasteiger partial charge in [-0.25, -0.2) is 0 Å². The smallest absolute Gasteiger partial charge is 0.251 e. The summed E-state index contributed by atoms with van der Waals surface area (Å²) in [4.78, 5) is 28.2. The average molecular weight is 345 g/mol. The van der Waals surface area contributed by atoms with Crippen LogP contribution in [0, 0.1) is 0 Å². The van der Waals surface area contributed by atoms with E-state index in [1.54, 1.807) is 37.5 Å². The molecule has 1 fully saturated rings. The van der Waals surface area contributed by atoms with E-state index >= 15 is 0 Å². The number of nitrogens with zero attached hydrogens (tertiary/aromatic N) is 2. The van der Waals surface area contributed by atoms with Crippen molar-refractivity contribution in [2.24, 2.45) is 0 Å². The van der Waals surface area contributed by atoms with Gasteiger partial charge in [-0.15, -0.1) is 0 Å². The lowest BCUT2D eigenvalue weighted by Gasteiger charge is -2.34. The van der Waals surface area contributed by atoms with Crippen LogP contribution < -0.4 is 10.1 Å². The monoisotopic (exact) mass is 345 g/mol. The Kier molecular flexibility index (Phi) is 7.01. The number of nitrogens with one attached hydrogen (secondary N) is 1. The Labute approximate surface area is 149 Å². The van der Waals surface area contributed by atoms with Gasteiger partial charge in [0.25, 0.3) is 5.91 Å². The van der Waals surface area contributed by atoms with E-state index in [1.807, 2.05) is 18.7 Å². The van der Waals surface area contributed by atoms with Crippen LogP contribution in [0.15, 0.2) is 35.9 Å². The van der Waals surface area contributed by atoms with Crippen molar-refractivity contribution in [3.05, 3.63) is 41.5 Å². The van der Waals surface area contributed by atoms with E-state index in [1.165, 1.54) is 0 Å². The molecule has 0 aromatic heterocycles. The molecule has 1 aromatic rings. The summed E-state index contributed by atoms with van der Waals surface area (Å²) < 4.78 is 5.09. The van der Waals surface area contributed by atoms with Crippen LogP contribution in [0.4, 0.5) is 0 Å². The van der Waals surface area contributed by atoms with Crippen molar-refractivity contribution >= 4 is 11.8 Å². The third kappa shape index (κ3) is 5.90. The van der Waals surface area contributed by atoms with Crippen molar-refractivity contribution in [2.45, 2.75) is 13.8 Å². The number of amides is 2. The predicted molar refractivity (Wildman–Crippen MR) is 97.8 cm³/mol. The fourth-order valence-electron chi connectivity index (χ4n) is 2.70. The summed E-state index contributed by atoms with van der Waals surface area (Å²) in [6.07, 6.45) is 1.69. The second-order valence-electron chi connectivity index (χ2n) is 6.37. The Balaban J connectivity index is 1.70. The first-order valence-corrected chi connectivity index (χ1v) is 8.58. The average Bonchev–Trinajstić information content (AvgIpc) is 2.61. The molecule has 1 aliphatic heterocycles. The van der Waals surface area contributed by atoms with Gasteiger partial charge in [0, 0.05) is 50.9 Å². The number of piperazine rings is 1. The molecule has 0 saturated carbocycles. The molecule has 0 aliphatic carbocycles. The van der Waals surface area contributed by atoms with Gasteiger partial charge in [-0.2, -0.15) is 0 Å². The molecule has 0 spiro atoms. The van der Waals surface area contributed by atoms with Crippen LogP contribution in [0.1, 0.15) is 24.2 Å². The molecule has 0 unspecified atom stereocenters. The molecule has 0 bridgehead atoms. The first-order chi connectivity index (χ1) is 12.0. The second kappa shape index (κ2) is 9.22. The Bertz CT molecular complexity index is 613. The minimum absolute atomic E-state index is 0.0833. The van der Waals surface area contributed by atoms with E-state index < -0.39 is 0 Å². The standard InChI is InChI=1S/C19H27N3O3/c1-15(2)14-18(23)22-12-10-21(11-13-22)9-8-20-19(24)16-4-6-17(25-3)7-5-16/h4-7,14H,8-13H2,1-3H3,(H,20,24). The SMILES string of the molecule is COc1ccc(C(=O)NCCN2CCN(C(=O)C=C(C)C)CC2)cc1. The fourth-order valence-corrected chi connectivity index (χ4v) is 2.70. The molecule has 1 saturated heterocycles. The van der Waals surface area contributed by atoms with Crippen LogP contribution in [0.5, 0.6) is 5.75 Å². The fraction of sp³-hybridized carbons (Fsp3) is 0.474.